The molecule has 2 heterocycles. The molecule has 2 fully saturated rings. The first kappa shape index (κ1) is 19.2. The van der Waals surface area contributed by atoms with Gasteiger partial charge >= 0.3 is 5.97 Å². The average molecular weight is 423 g/mol. The fraction of sp³-hybridized carbons (Fsp3) is 0.333. The minimum Gasteiger partial charge on any atom is -0.481 e. The number of carboxylic acids is 1. The SMILES string of the molecule is O=C(O)C1CCCN(c2nc(-c3ccc(-c4ccc(F)cc4)cc3)c(C3CC3)s2)C1. The van der Waals surface area contributed by atoms with Gasteiger partial charge in [-0.2, -0.15) is 0 Å². The number of halogens is 1. The first-order valence-electron chi connectivity index (χ1n) is 10.4. The number of aromatic nitrogens is 1. The lowest BCUT2D eigenvalue weighted by Gasteiger charge is -2.30. The van der Waals surface area contributed by atoms with Gasteiger partial charge in [0.1, 0.15) is 5.82 Å². The highest BCUT2D eigenvalue weighted by molar-refractivity contribution is 7.16. The Hall–Kier alpha value is -2.73. The Bertz CT molecular complexity index is 1060. The van der Waals surface area contributed by atoms with Crippen LogP contribution in [0.2, 0.25) is 0 Å². The van der Waals surface area contributed by atoms with Crippen molar-refractivity contribution in [1.82, 2.24) is 4.98 Å². The second-order valence-electron chi connectivity index (χ2n) is 8.19. The van der Waals surface area contributed by atoms with Gasteiger partial charge in [-0.3, -0.25) is 4.79 Å². The normalized spacial score (nSPS) is 19.1. The van der Waals surface area contributed by atoms with E-state index in [1.165, 1.54) is 29.9 Å². The van der Waals surface area contributed by atoms with E-state index >= 15 is 0 Å². The van der Waals surface area contributed by atoms with Gasteiger partial charge in [0.2, 0.25) is 0 Å². The summed E-state index contributed by atoms with van der Waals surface area (Å²) in [7, 11) is 0. The lowest BCUT2D eigenvalue weighted by atomic mass is 9.99. The second kappa shape index (κ2) is 7.84. The lowest BCUT2D eigenvalue weighted by Crippen LogP contribution is -2.38. The van der Waals surface area contributed by atoms with Crippen LogP contribution in [0.1, 0.15) is 36.5 Å². The van der Waals surface area contributed by atoms with E-state index < -0.39 is 5.97 Å². The number of nitrogens with zero attached hydrogens (tertiary/aromatic N) is 2. The number of hydrogen-bond acceptors (Lipinski definition) is 4. The van der Waals surface area contributed by atoms with Gasteiger partial charge < -0.3 is 10.0 Å². The zero-order valence-corrected chi connectivity index (χ0v) is 17.4. The molecule has 1 aliphatic carbocycles. The molecule has 1 N–H and O–H groups in total. The Kier molecular flexibility index (Phi) is 5.03. The van der Waals surface area contributed by atoms with E-state index in [2.05, 4.69) is 29.2 Å². The van der Waals surface area contributed by atoms with Gasteiger partial charge in [-0.25, -0.2) is 9.37 Å². The van der Waals surface area contributed by atoms with Crippen molar-refractivity contribution in [3.8, 4) is 22.4 Å². The number of hydrogen-bond donors (Lipinski definition) is 1. The van der Waals surface area contributed by atoms with E-state index in [1.807, 2.05) is 0 Å². The molecule has 30 heavy (non-hydrogen) atoms. The average Bonchev–Trinajstić information content (AvgIpc) is 3.52. The number of benzene rings is 2. The van der Waals surface area contributed by atoms with E-state index in [-0.39, 0.29) is 11.7 Å². The summed E-state index contributed by atoms with van der Waals surface area (Å²) in [5.41, 5.74) is 4.14. The van der Waals surface area contributed by atoms with Crippen LogP contribution in [0, 0.1) is 11.7 Å². The summed E-state index contributed by atoms with van der Waals surface area (Å²) >= 11 is 1.73. The maximum absolute atomic E-state index is 13.2. The van der Waals surface area contributed by atoms with Crippen molar-refractivity contribution in [2.24, 2.45) is 5.92 Å². The highest BCUT2D eigenvalue weighted by Crippen LogP contribution is 2.49. The third-order valence-corrected chi connectivity index (χ3v) is 7.25. The van der Waals surface area contributed by atoms with Crippen molar-refractivity contribution in [2.45, 2.75) is 31.6 Å². The van der Waals surface area contributed by atoms with Crippen molar-refractivity contribution in [1.29, 1.82) is 0 Å². The van der Waals surface area contributed by atoms with Crippen molar-refractivity contribution in [3.05, 3.63) is 59.2 Å². The van der Waals surface area contributed by atoms with Crippen molar-refractivity contribution in [3.63, 3.8) is 0 Å². The highest BCUT2D eigenvalue weighted by atomic mass is 32.1. The minimum atomic E-state index is -0.713. The predicted octanol–water partition coefficient (Wildman–Crippen LogP) is 5.79. The molecule has 4 nitrogen and oxygen atoms in total. The standard InChI is InChI=1S/C24H23FN2O2S/c25-20-11-9-16(10-12-20)15-3-5-17(6-4-15)21-22(18-7-8-18)30-24(26-21)27-13-1-2-19(14-27)23(28)29/h3-6,9-12,18-19H,1-2,7-8,13-14H2,(H,28,29). The van der Waals surface area contributed by atoms with Gasteiger partial charge in [-0.15, -0.1) is 11.3 Å². The van der Waals surface area contributed by atoms with Crippen molar-refractivity contribution in [2.75, 3.05) is 18.0 Å². The molecule has 0 spiro atoms. The zero-order valence-electron chi connectivity index (χ0n) is 16.6. The molecule has 6 heteroatoms. The number of piperidine rings is 1. The molecule has 1 aliphatic heterocycles. The zero-order chi connectivity index (χ0) is 20.7. The number of rotatable bonds is 5. The summed E-state index contributed by atoms with van der Waals surface area (Å²) in [5, 5.41) is 10.4. The Labute approximate surface area is 179 Å². The van der Waals surface area contributed by atoms with Crippen LogP contribution in [0.4, 0.5) is 9.52 Å². The highest BCUT2D eigenvalue weighted by Gasteiger charge is 2.33. The number of carboxylic acid groups (broad SMARTS) is 1. The molecule has 0 amide bonds. The van der Waals surface area contributed by atoms with E-state index in [0.717, 1.165) is 46.9 Å². The molecule has 1 saturated heterocycles. The molecule has 154 valence electrons. The van der Waals surface area contributed by atoms with Gasteiger partial charge in [0.25, 0.3) is 0 Å². The van der Waals surface area contributed by atoms with Crippen LogP contribution >= 0.6 is 11.3 Å². The predicted molar refractivity (Wildman–Crippen MR) is 117 cm³/mol. The summed E-state index contributed by atoms with van der Waals surface area (Å²) in [6.45, 7) is 1.40. The quantitative estimate of drug-likeness (QED) is 0.565. The van der Waals surface area contributed by atoms with Crippen LogP contribution in [0.3, 0.4) is 0 Å². The second-order valence-corrected chi connectivity index (χ2v) is 9.20. The fourth-order valence-corrected chi connectivity index (χ4v) is 5.39. The molecule has 1 unspecified atom stereocenters. The monoisotopic (exact) mass is 422 g/mol. The summed E-state index contributed by atoms with van der Waals surface area (Å²) < 4.78 is 13.2. The molecule has 5 rings (SSSR count). The van der Waals surface area contributed by atoms with Crippen LogP contribution in [0.25, 0.3) is 22.4 Å². The Balaban J connectivity index is 1.44. The van der Waals surface area contributed by atoms with Gasteiger partial charge in [-0.1, -0.05) is 36.4 Å². The molecular formula is C24H23FN2O2S. The molecule has 1 aromatic heterocycles. The van der Waals surface area contributed by atoms with E-state index in [0.29, 0.717) is 12.5 Å². The smallest absolute Gasteiger partial charge is 0.308 e. The van der Waals surface area contributed by atoms with E-state index in [4.69, 9.17) is 4.98 Å². The molecule has 0 bridgehead atoms. The number of aliphatic carboxylic acids is 1. The van der Waals surface area contributed by atoms with Gasteiger partial charge in [-0.05, 0) is 54.9 Å². The Morgan fingerprint density at radius 2 is 1.63 bits per heavy atom. The van der Waals surface area contributed by atoms with Crippen LogP contribution in [-0.2, 0) is 4.79 Å². The van der Waals surface area contributed by atoms with Crippen LogP contribution in [0.5, 0.6) is 0 Å². The van der Waals surface area contributed by atoms with E-state index in [9.17, 15) is 14.3 Å². The first-order valence-corrected chi connectivity index (χ1v) is 11.2. The topological polar surface area (TPSA) is 53.4 Å². The number of thiazole rings is 1. The molecule has 3 aromatic rings. The summed E-state index contributed by atoms with van der Waals surface area (Å²) in [4.78, 5) is 19.9. The maximum Gasteiger partial charge on any atom is 0.308 e. The number of carbonyl (C=O) groups is 1. The fourth-order valence-electron chi connectivity index (χ4n) is 4.10. The molecule has 2 aromatic carbocycles. The first-order chi connectivity index (χ1) is 14.6. The Morgan fingerprint density at radius 1 is 1.00 bits per heavy atom. The molecule has 1 atom stereocenters. The van der Waals surface area contributed by atoms with Gasteiger partial charge in [0.15, 0.2) is 5.13 Å². The van der Waals surface area contributed by atoms with Crippen LogP contribution in [-0.4, -0.2) is 29.1 Å². The maximum atomic E-state index is 13.2. The van der Waals surface area contributed by atoms with E-state index in [1.54, 1.807) is 23.5 Å². The summed E-state index contributed by atoms with van der Waals surface area (Å²) in [6, 6.07) is 14.8. The molecule has 1 saturated carbocycles. The summed E-state index contributed by atoms with van der Waals surface area (Å²) in [5.74, 6) is -0.689. The van der Waals surface area contributed by atoms with Crippen molar-refractivity contribution >= 4 is 22.4 Å². The molecular weight excluding hydrogens is 399 g/mol. The van der Waals surface area contributed by atoms with Gasteiger partial charge in [0.05, 0.1) is 11.6 Å². The Morgan fingerprint density at radius 3 is 2.27 bits per heavy atom. The van der Waals surface area contributed by atoms with Crippen LogP contribution < -0.4 is 4.90 Å². The largest absolute Gasteiger partial charge is 0.481 e. The third kappa shape index (κ3) is 3.84. The van der Waals surface area contributed by atoms with Gasteiger partial charge in [0, 0.05) is 23.5 Å². The van der Waals surface area contributed by atoms with Crippen LogP contribution in [0.15, 0.2) is 48.5 Å². The molecule has 2 aliphatic rings. The summed E-state index contributed by atoms with van der Waals surface area (Å²) in [6.07, 6.45) is 4.02. The minimum absolute atomic E-state index is 0.234. The molecule has 0 radical (unpaired) electrons. The number of anilines is 1. The third-order valence-electron chi connectivity index (χ3n) is 5.97. The van der Waals surface area contributed by atoms with Crippen molar-refractivity contribution < 1.29 is 14.3 Å². The lowest BCUT2D eigenvalue weighted by molar-refractivity contribution is -0.141.